The maximum atomic E-state index is 13.9. The average Bonchev–Trinajstić information content (AvgIpc) is 3.27. The van der Waals surface area contributed by atoms with Crippen LogP contribution in [0.3, 0.4) is 0 Å². The van der Waals surface area contributed by atoms with Gasteiger partial charge in [0.05, 0.1) is 16.6 Å². The lowest BCUT2D eigenvalue weighted by molar-refractivity contribution is -0.116. The summed E-state index contributed by atoms with van der Waals surface area (Å²) in [4.78, 5) is 30.8. The minimum absolute atomic E-state index is 0.104. The third-order valence-electron chi connectivity index (χ3n) is 6.49. The maximum Gasteiger partial charge on any atom is 0.260 e. The van der Waals surface area contributed by atoms with Gasteiger partial charge in [-0.25, -0.2) is 9.37 Å². The Balaban J connectivity index is 1.41. The van der Waals surface area contributed by atoms with E-state index < -0.39 is 5.92 Å². The molecule has 5 aromatic rings. The molecule has 0 spiro atoms. The van der Waals surface area contributed by atoms with Gasteiger partial charge in [0, 0.05) is 24.9 Å². The molecule has 0 saturated carbocycles. The number of hydrogen-bond donors (Lipinski definition) is 1. The molecule has 0 saturated heterocycles. The molecule has 1 N–H and O–H groups in total. The van der Waals surface area contributed by atoms with Crippen LogP contribution in [0.5, 0.6) is 5.75 Å². The third kappa shape index (κ3) is 3.45. The highest BCUT2D eigenvalue weighted by Crippen LogP contribution is 2.37. The van der Waals surface area contributed by atoms with Crippen molar-refractivity contribution in [3.63, 3.8) is 0 Å². The zero-order chi connectivity index (χ0) is 24.1. The van der Waals surface area contributed by atoms with Gasteiger partial charge in [0.2, 0.25) is 11.7 Å². The van der Waals surface area contributed by atoms with E-state index in [2.05, 4.69) is 10.3 Å². The van der Waals surface area contributed by atoms with Crippen molar-refractivity contribution in [3.8, 4) is 5.75 Å². The van der Waals surface area contributed by atoms with E-state index >= 15 is 0 Å². The molecule has 3 aromatic carbocycles. The topological polar surface area (TPSA) is 77.6 Å². The molecule has 0 bridgehead atoms. The first-order chi connectivity index (χ1) is 17.0. The molecule has 0 aliphatic carbocycles. The average molecular weight is 468 g/mol. The number of aryl methyl sites for hydroxylation is 1. The second kappa shape index (κ2) is 8.09. The van der Waals surface area contributed by atoms with Gasteiger partial charge in [-0.2, -0.15) is 0 Å². The van der Waals surface area contributed by atoms with Gasteiger partial charge in [-0.15, -0.1) is 0 Å². The summed E-state index contributed by atoms with van der Waals surface area (Å²) < 4.78 is 23.0. The van der Waals surface area contributed by atoms with Gasteiger partial charge in [-0.1, -0.05) is 42.5 Å². The first-order valence-electron chi connectivity index (χ1n) is 11.3. The van der Waals surface area contributed by atoms with Crippen LogP contribution in [0.4, 0.5) is 10.2 Å². The van der Waals surface area contributed by atoms with Crippen molar-refractivity contribution in [1.82, 2.24) is 14.0 Å². The summed E-state index contributed by atoms with van der Waals surface area (Å²) in [7, 11) is 1.69. The van der Waals surface area contributed by atoms with Crippen LogP contribution in [-0.2, 0) is 18.4 Å². The van der Waals surface area contributed by atoms with Crippen LogP contribution >= 0.6 is 0 Å². The van der Waals surface area contributed by atoms with Crippen molar-refractivity contribution < 1.29 is 13.9 Å². The van der Waals surface area contributed by atoms with E-state index in [4.69, 9.17) is 4.74 Å². The monoisotopic (exact) mass is 468 g/mol. The summed E-state index contributed by atoms with van der Waals surface area (Å²) in [6.07, 6.45) is 0.149. The Morgan fingerprint density at radius 1 is 1.03 bits per heavy atom. The fourth-order valence-corrected chi connectivity index (χ4v) is 4.72. The van der Waals surface area contributed by atoms with E-state index in [1.807, 2.05) is 40.8 Å². The molecule has 8 heteroatoms. The van der Waals surface area contributed by atoms with Gasteiger partial charge in [-0.05, 0) is 35.9 Å². The zero-order valence-corrected chi connectivity index (χ0v) is 18.9. The largest absolute Gasteiger partial charge is 0.489 e. The number of benzene rings is 3. The number of carbonyl (C=O) groups excluding carboxylic acids is 1. The first-order valence-corrected chi connectivity index (χ1v) is 11.3. The number of aromatic nitrogens is 3. The van der Waals surface area contributed by atoms with Gasteiger partial charge in [0.15, 0.2) is 0 Å². The highest BCUT2D eigenvalue weighted by molar-refractivity contribution is 5.96. The van der Waals surface area contributed by atoms with E-state index in [-0.39, 0.29) is 30.3 Å². The Morgan fingerprint density at radius 2 is 1.77 bits per heavy atom. The number of nitrogens with zero attached hydrogens (tertiary/aromatic N) is 3. The number of ether oxygens (including phenoxy) is 1. The minimum Gasteiger partial charge on any atom is -0.489 e. The number of fused-ring (bicyclic) bond motifs is 5. The summed E-state index contributed by atoms with van der Waals surface area (Å²) in [6, 6.07) is 21.3. The number of carbonyl (C=O) groups is 1. The molecule has 1 atom stereocenters. The van der Waals surface area contributed by atoms with E-state index in [0.717, 1.165) is 16.6 Å². The summed E-state index contributed by atoms with van der Waals surface area (Å²) in [6.45, 7) is 0.104. The summed E-state index contributed by atoms with van der Waals surface area (Å²) >= 11 is 0. The van der Waals surface area contributed by atoms with Crippen molar-refractivity contribution in [2.24, 2.45) is 7.05 Å². The standard InChI is InChI=1S/C27H21FN4O3/c1-31-26(34)24-19(16-10-12-18(13-11-16)35-15-17-6-2-3-7-20(17)28)14-23(33)30-25(24)32-22-9-5-4-8-21(22)29-27(31)32/h2-13,19H,14-15H2,1H3,(H,30,33)/t19-/m1/s1. The van der Waals surface area contributed by atoms with E-state index in [1.165, 1.54) is 10.6 Å². The van der Waals surface area contributed by atoms with Crippen molar-refractivity contribution in [2.75, 3.05) is 5.32 Å². The molecule has 0 fully saturated rings. The second-order valence-corrected chi connectivity index (χ2v) is 8.62. The molecular weight excluding hydrogens is 447 g/mol. The number of para-hydroxylation sites is 2. The van der Waals surface area contributed by atoms with Crippen LogP contribution in [0.25, 0.3) is 16.8 Å². The molecule has 1 aliphatic rings. The Bertz CT molecular complexity index is 1670. The number of rotatable bonds is 4. The third-order valence-corrected chi connectivity index (χ3v) is 6.49. The number of nitrogens with one attached hydrogen (secondary N) is 1. The highest BCUT2D eigenvalue weighted by Gasteiger charge is 2.33. The molecule has 2 aromatic heterocycles. The summed E-state index contributed by atoms with van der Waals surface area (Å²) in [5, 5.41) is 2.91. The molecule has 3 heterocycles. The molecule has 6 rings (SSSR count). The lowest BCUT2D eigenvalue weighted by atomic mass is 9.86. The number of amides is 1. The molecule has 0 unspecified atom stereocenters. The van der Waals surface area contributed by atoms with Crippen LogP contribution in [-0.4, -0.2) is 19.9 Å². The van der Waals surface area contributed by atoms with E-state index in [9.17, 15) is 14.0 Å². The Kier molecular flexibility index (Phi) is 4.88. The number of imidazole rings is 1. The lowest BCUT2D eigenvalue weighted by Crippen LogP contribution is -2.35. The Labute approximate surface area is 199 Å². The van der Waals surface area contributed by atoms with Crippen LogP contribution in [0.2, 0.25) is 0 Å². The van der Waals surface area contributed by atoms with Crippen LogP contribution in [0.15, 0.2) is 77.6 Å². The van der Waals surface area contributed by atoms with Crippen LogP contribution in [0, 0.1) is 5.82 Å². The number of halogens is 1. The molecule has 174 valence electrons. The molecule has 1 amide bonds. The number of anilines is 1. The van der Waals surface area contributed by atoms with E-state index in [1.54, 1.807) is 37.4 Å². The van der Waals surface area contributed by atoms with E-state index in [0.29, 0.717) is 28.5 Å². The summed E-state index contributed by atoms with van der Waals surface area (Å²) in [5.74, 6) is 0.577. The van der Waals surface area contributed by atoms with Crippen molar-refractivity contribution >= 4 is 28.5 Å². The fraction of sp³-hybridized carbons (Fsp3) is 0.148. The predicted molar refractivity (Wildman–Crippen MR) is 130 cm³/mol. The summed E-state index contributed by atoms with van der Waals surface area (Å²) in [5.41, 5.74) is 3.15. The van der Waals surface area contributed by atoms with Crippen LogP contribution in [0.1, 0.15) is 29.0 Å². The minimum atomic E-state index is -0.427. The molecule has 35 heavy (non-hydrogen) atoms. The van der Waals surface area contributed by atoms with Crippen LogP contribution < -0.4 is 15.6 Å². The Morgan fingerprint density at radius 3 is 2.57 bits per heavy atom. The van der Waals surface area contributed by atoms with Gasteiger partial charge in [-0.3, -0.25) is 18.6 Å². The van der Waals surface area contributed by atoms with Gasteiger partial charge >= 0.3 is 0 Å². The van der Waals surface area contributed by atoms with Gasteiger partial charge < -0.3 is 10.1 Å². The molecule has 7 nitrogen and oxygen atoms in total. The lowest BCUT2D eigenvalue weighted by Gasteiger charge is -2.27. The molecule has 1 aliphatic heterocycles. The highest BCUT2D eigenvalue weighted by atomic mass is 19.1. The SMILES string of the molecule is Cn1c(=O)c2c(n3c4ccccc4nc13)NC(=O)C[C@@H]2c1ccc(OCc2ccccc2F)cc1. The molecule has 0 radical (unpaired) electrons. The normalized spacial score (nSPS) is 15.3. The van der Waals surface area contributed by atoms with Gasteiger partial charge in [0.1, 0.15) is 24.0 Å². The first kappa shape index (κ1) is 21.1. The number of hydrogen-bond acceptors (Lipinski definition) is 4. The quantitative estimate of drug-likeness (QED) is 0.425. The van der Waals surface area contributed by atoms with Crippen molar-refractivity contribution in [3.05, 3.63) is 106 Å². The molecular formula is C27H21FN4O3. The smallest absolute Gasteiger partial charge is 0.260 e. The predicted octanol–water partition coefficient (Wildman–Crippen LogP) is 4.38. The van der Waals surface area contributed by atoms with Gasteiger partial charge in [0.25, 0.3) is 5.56 Å². The Hall–Kier alpha value is -4.46. The fourth-order valence-electron chi connectivity index (χ4n) is 4.72. The second-order valence-electron chi connectivity index (χ2n) is 8.62. The maximum absolute atomic E-state index is 13.9. The zero-order valence-electron chi connectivity index (χ0n) is 18.9. The van der Waals surface area contributed by atoms with Crippen molar-refractivity contribution in [1.29, 1.82) is 0 Å². The van der Waals surface area contributed by atoms with Crippen molar-refractivity contribution in [2.45, 2.75) is 18.9 Å².